The van der Waals surface area contributed by atoms with Crippen molar-refractivity contribution in [1.82, 2.24) is 0 Å². The minimum Gasteiger partial charge on any atom is -0.334 e. The van der Waals surface area contributed by atoms with Gasteiger partial charge in [-0.25, -0.2) is 0 Å². The molecule has 0 spiro atoms. The highest BCUT2D eigenvalue weighted by Crippen LogP contribution is 2.60. The van der Waals surface area contributed by atoms with Crippen molar-refractivity contribution in [2.45, 2.75) is 50.5 Å². The number of halogens is 1. The number of anilines is 2. The average molecular weight is 312 g/mol. The summed E-state index contributed by atoms with van der Waals surface area (Å²) in [6, 6.07) is 17.2. The molecule has 0 saturated heterocycles. The van der Waals surface area contributed by atoms with E-state index in [9.17, 15) is 0 Å². The number of para-hydroxylation sites is 1. The fourth-order valence-electron chi connectivity index (χ4n) is 4.72. The number of benzene rings is 2. The van der Waals surface area contributed by atoms with Gasteiger partial charge in [0, 0.05) is 21.8 Å². The summed E-state index contributed by atoms with van der Waals surface area (Å²) in [5.41, 5.74) is 4.41. The van der Waals surface area contributed by atoms with Crippen molar-refractivity contribution >= 4 is 23.0 Å². The Balaban J connectivity index is 1.97. The Kier molecular flexibility index (Phi) is 3.06. The minimum atomic E-state index is 0.125. The Morgan fingerprint density at radius 2 is 1.73 bits per heavy atom. The summed E-state index contributed by atoms with van der Waals surface area (Å²) in [6.45, 7) is 4.89. The molecule has 0 radical (unpaired) electrons. The van der Waals surface area contributed by atoms with E-state index in [0.717, 1.165) is 5.02 Å². The molecule has 0 N–H and O–H groups in total. The van der Waals surface area contributed by atoms with E-state index in [1.54, 1.807) is 0 Å². The average Bonchev–Trinajstić information content (AvgIpc) is 2.72. The van der Waals surface area contributed by atoms with Gasteiger partial charge in [-0.15, -0.1) is 0 Å². The highest BCUT2D eigenvalue weighted by Gasteiger charge is 2.57. The van der Waals surface area contributed by atoms with Gasteiger partial charge in [0.05, 0.1) is 5.54 Å². The SMILES string of the molecule is CC12CCCCC1(C)N(c1cccc(Cl)c1)c1ccccc12. The second kappa shape index (κ2) is 4.76. The van der Waals surface area contributed by atoms with E-state index in [-0.39, 0.29) is 11.0 Å². The molecule has 1 fully saturated rings. The van der Waals surface area contributed by atoms with Gasteiger partial charge in [0.2, 0.25) is 0 Å². The third-order valence-corrected chi connectivity index (χ3v) is 6.31. The number of rotatable bonds is 1. The lowest BCUT2D eigenvalue weighted by atomic mass is 9.61. The molecule has 2 aliphatic rings. The van der Waals surface area contributed by atoms with E-state index >= 15 is 0 Å². The van der Waals surface area contributed by atoms with E-state index in [1.807, 2.05) is 6.07 Å². The topological polar surface area (TPSA) is 3.24 Å². The van der Waals surface area contributed by atoms with Gasteiger partial charge in [-0.2, -0.15) is 0 Å². The molecule has 2 atom stereocenters. The predicted octanol–water partition coefficient (Wildman–Crippen LogP) is 6.08. The zero-order chi connectivity index (χ0) is 15.4. The minimum absolute atomic E-state index is 0.125. The van der Waals surface area contributed by atoms with Crippen molar-refractivity contribution in [3.05, 3.63) is 59.1 Å². The zero-order valence-corrected chi connectivity index (χ0v) is 14.0. The van der Waals surface area contributed by atoms with Crippen LogP contribution in [-0.2, 0) is 5.41 Å². The van der Waals surface area contributed by atoms with E-state index in [4.69, 9.17) is 11.6 Å². The monoisotopic (exact) mass is 311 g/mol. The number of fused-ring (bicyclic) bond motifs is 3. The highest BCUT2D eigenvalue weighted by molar-refractivity contribution is 6.30. The second-order valence-electron chi connectivity index (χ2n) is 7.15. The molecule has 22 heavy (non-hydrogen) atoms. The van der Waals surface area contributed by atoms with Gasteiger partial charge >= 0.3 is 0 Å². The molecule has 2 heteroatoms. The van der Waals surface area contributed by atoms with Crippen LogP contribution in [0.1, 0.15) is 45.1 Å². The van der Waals surface area contributed by atoms with E-state index < -0.39 is 0 Å². The molecular weight excluding hydrogens is 290 g/mol. The molecule has 1 saturated carbocycles. The van der Waals surface area contributed by atoms with Crippen molar-refractivity contribution in [2.75, 3.05) is 4.90 Å². The molecule has 0 amide bonds. The molecule has 2 unspecified atom stereocenters. The Morgan fingerprint density at radius 3 is 2.55 bits per heavy atom. The first-order valence-electron chi connectivity index (χ1n) is 8.22. The quantitative estimate of drug-likeness (QED) is 0.616. The first kappa shape index (κ1) is 14.1. The molecule has 1 nitrogen and oxygen atoms in total. The Bertz CT molecular complexity index is 725. The van der Waals surface area contributed by atoms with Crippen LogP contribution < -0.4 is 4.90 Å². The van der Waals surface area contributed by atoms with Gasteiger partial charge in [0.15, 0.2) is 0 Å². The highest BCUT2D eigenvalue weighted by atomic mass is 35.5. The van der Waals surface area contributed by atoms with Crippen LogP contribution in [0.3, 0.4) is 0 Å². The standard InChI is InChI=1S/C20H22ClN/c1-19-12-5-6-13-20(19,2)22(16-9-7-8-15(21)14-16)18-11-4-3-10-17(18)19/h3-4,7-11,14H,5-6,12-13H2,1-2H3. The molecule has 1 aliphatic carbocycles. The first-order chi connectivity index (χ1) is 10.6. The zero-order valence-electron chi connectivity index (χ0n) is 13.3. The lowest BCUT2D eigenvalue weighted by molar-refractivity contribution is 0.195. The third-order valence-electron chi connectivity index (χ3n) is 6.08. The predicted molar refractivity (Wildman–Crippen MR) is 94.3 cm³/mol. The third kappa shape index (κ3) is 1.72. The molecule has 0 aromatic heterocycles. The summed E-state index contributed by atoms with van der Waals surface area (Å²) in [5, 5.41) is 0.808. The smallest absolute Gasteiger partial charge is 0.0517 e. The van der Waals surface area contributed by atoms with Crippen molar-refractivity contribution < 1.29 is 0 Å². The second-order valence-corrected chi connectivity index (χ2v) is 7.58. The molecule has 1 aliphatic heterocycles. The van der Waals surface area contributed by atoms with Crippen LogP contribution in [0.5, 0.6) is 0 Å². The Morgan fingerprint density at radius 1 is 0.955 bits per heavy atom. The van der Waals surface area contributed by atoms with Gasteiger partial charge < -0.3 is 4.90 Å². The van der Waals surface area contributed by atoms with E-state index in [2.05, 4.69) is 61.2 Å². The Hall–Kier alpha value is -1.47. The van der Waals surface area contributed by atoms with Crippen molar-refractivity contribution in [1.29, 1.82) is 0 Å². The van der Waals surface area contributed by atoms with Gasteiger partial charge in [-0.3, -0.25) is 0 Å². The molecule has 0 bridgehead atoms. The van der Waals surface area contributed by atoms with Crippen LogP contribution in [0.4, 0.5) is 11.4 Å². The van der Waals surface area contributed by atoms with Crippen LogP contribution in [0.2, 0.25) is 5.02 Å². The van der Waals surface area contributed by atoms with Crippen LogP contribution >= 0.6 is 11.6 Å². The molecule has 2 aromatic carbocycles. The van der Waals surface area contributed by atoms with Crippen LogP contribution in [0.25, 0.3) is 0 Å². The lowest BCUT2D eigenvalue weighted by Gasteiger charge is -2.50. The van der Waals surface area contributed by atoms with E-state index in [1.165, 1.54) is 42.6 Å². The fourth-order valence-corrected chi connectivity index (χ4v) is 4.90. The molecule has 4 rings (SSSR count). The van der Waals surface area contributed by atoms with Crippen LogP contribution in [-0.4, -0.2) is 5.54 Å². The first-order valence-corrected chi connectivity index (χ1v) is 8.59. The van der Waals surface area contributed by atoms with Gasteiger partial charge in [0.25, 0.3) is 0 Å². The summed E-state index contributed by atoms with van der Waals surface area (Å²) < 4.78 is 0. The molecule has 1 heterocycles. The maximum absolute atomic E-state index is 6.28. The van der Waals surface area contributed by atoms with Gasteiger partial charge in [-0.05, 0) is 49.6 Å². The molecular formula is C20H22ClN. The fraction of sp³-hybridized carbons (Fsp3) is 0.400. The summed E-state index contributed by atoms with van der Waals surface area (Å²) in [7, 11) is 0. The summed E-state index contributed by atoms with van der Waals surface area (Å²) in [5.74, 6) is 0. The molecule has 2 aromatic rings. The largest absolute Gasteiger partial charge is 0.334 e. The normalized spacial score (nSPS) is 30.0. The van der Waals surface area contributed by atoms with Gasteiger partial charge in [0.1, 0.15) is 0 Å². The van der Waals surface area contributed by atoms with E-state index in [0.29, 0.717) is 0 Å². The number of hydrogen-bond donors (Lipinski definition) is 0. The maximum atomic E-state index is 6.28. The number of nitrogens with zero attached hydrogens (tertiary/aromatic N) is 1. The summed E-state index contributed by atoms with van der Waals surface area (Å²) in [6.07, 6.45) is 5.11. The number of hydrogen-bond acceptors (Lipinski definition) is 1. The van der Waals surface area contributed by atoms with Crippen LogP contribution in [0, 0.1) is 0 Å². The van der Waals surface area contributed by atoms with Crippen LogP contribution in [0.15, 0.2) is 48.5 Å². The summed E-state index contributed by atoms with van der Waals surface area (Å²) >= 11 is 6.28. The molecule has 114 valence electrons. The lowest BCUT2D eigenvalue weighted by Crippen LogP contribution is -2.54. The summed E-state index contributed by atoms with van der Waals surface area (Å²) in [4.78, 5) is 2.55. The van der Waals surface area contributed by atoms with Gasteiger partial charge in [-0.1, -0.05) is 55.6 Å². The van der Waals surface area contributed by atoms with Crippen molar-refractivity contribution in [3.8, 4) is 0 Å². The maximum Gasteiger partial charge on any atom is 0.0517 e. The van der Waals surface area contributed by atoms with Crippen molar-refractivity contribution in [3.63, 3.8) is 0 Å². The van der Waals surface area contributed by atoms with Crippen molar-refractivity contribution in [2.24, 2.45) is 0 Å². The Labute approximate surface area is 137 Å².